The summed E-state index contributed by atoms with van der Waals surface area (Å²) >= 11 is 1.40. The Morgan fingerprint density at radius 3 is 2.90 bits per heavy atom. The molecule has 0 spiro atoms. The molecule has 7 nitrogen and oxygen atoms in total. The van der Waals surface area contributed by atoms with E-state index in [0.29, 0.717) is 17.1 Å². The van der Waals surface area contributed by atoms with E-state index in [0.717, 1.165) is 11.3 Å². The minimum atomic E-state index is -0.608. The van der Waals surface area contributed by atoms with Gasteiger partial charge in [-0.15, -0.1) is 11.3 Å². The lowest BCUT2D eigenvalue weighted by atomic mass is 10.1. The summed E-state index contributed by atoms with van der Waals surface area (Å²) in [6, 6.07) is 3.03. The number of phenolic OH excluding ortho intramolecular Hbond substituents is 1. The van der Waals surface area contributed by atoms with Gasteiger partial charge in [-0.3, -0.25) is 15.5 Å². The van der Waals surface area contributed by atoms with E-state index in [2.05, 4.69) is 15.5 Å². The lowest BCUT2D eigenvalue weighted by molar-refractivity contribution is -0.385. The highest BCUT2D eigenvalue weighted by Crippen LogP contribution is 2.30. The van der Waals surface area contributed by atoms with Crippen LogP contribution in [0.1, 0.15) is 23.7 Å². The summed E-state index contributed by atoms with van der Waals surface area (Å²) in [5.74, 6) is -0.391. The monoisotopic (exact) mass is 306 g/mol. The largest absolute Gasteiger partial charge is 0.502 e. The van der Waals surface area contributed by atoms with E-state index < -0.39 is 10.7 Å². The van der Waals surface area contributed by atoms with Crippen LogP contribution in [0.2, 0.25) is 0 Å². The van der Waals surface area contributed by atoms with Crippen molar-refractivity contribution in [3.63, 3.8) is 0 Å². The molecule has 8 heteroatoms. The van der Waals surface area contributed by atoms with Crippen LogP contribution in [-0.4, -0.2) is 21.2 Å². The van der Waals surface area contributed by atoms with Crippen LogP contribution in [0.5, 0.6) is 5.75 Å². The fraction of sp³-hybridized carbons (Fsp3) is 0.231. The van der Waals surface area contributed by atoms with Crippen molar-refractivity contribution in [2.75, 3.05) is 5.43 Å². The Labute approximate surface area is 125 Å². The van der Waals surface area contributed by atoms with Crippen molar-refractivity contribution < 1.29 is 10.0 Å². The Morgan fingerprint density at radius 2 is 2.33 bits per heavy atom. The van der Waals surface area contributed by atoms with Gasteiger partial charge in [0.15, 0.2) is 0 Å². The predicted octanol–water partition coefficient (Wildman–Crippen LogP) is 3.07. The number of aromatic nitrogens is 1. The molecule has 0 aliphatic heterocycles. The van der Waals surface area contributed by atoms with E-state index in [-0.39, 0.29) is 5.69 Å². The number of benzene rings is 1. The minimum absolute atomic E-state index is 0.293. The topological polar surface area (TPSA) is 101 Å². The Bertz CT molecular complexity index is 697. The summed E-state index contributed by atoms with van der Waals surface area (Å²) in [5.41, 5.74) is 4.33. The summed E-state index contributed by atoms with van der Waals surface area (Å²) in [7, 11) is 0. The van der Waals surface area contributed by atoms with Crippen molar-refractivity contribution in [3.8, 4) is 5.75 Å². The smallest absolute Gasteiger partial charge is 0.311 e. The molecule has 0 saturated carbocycles. The van der Waals surface area contributed by atoms with Crippen LogP contribution in [0, 0.1) is 17.0 Å². The molecule has 0 radical (unpaired) electrons. The molecule has 21 heavy (non-hydrogen) atoms. The summed E-state index contributed by atoms with van der Waals surface area (Å²) in [6.45, 7) is 3.75. The van der Waals surface area contributed by atoms with Crippen molar-refractivity contribution in [2.24, 2.45) is 5.10 Å². The van der Waals surface area contributed by atoms with Gasteiger partial charge in [0, 0.05) is 17.0 Å². The molecular formula is C13H14N4O3S. The molecule has 110 valence electrons. The van der Waals surface area contributed by atoms with E-state index in [1.54, 1.807) is 6.07 Å². The van der Waals surface area contributed by atoms with E-state index in [4.69, 9.17) is 0 Å². The number of rotatable bonds is 5. The predicted molar refractivity (Wildman–Crippen MR) is 82.2 cm³/mol. The Hall–Kier alpha value is -2.48. The van der Waals surface area contributed by atoms with Gasteiger partial charge in [0.1, 0.15) is 0 Å². The lowest BCUT2D eigenvalue weighted by Gasteiger charge is -2.04. The molecule has 2 N–H and O–H groups in total. The second-order valence-corrected chi connectivity index (χ2v) is 5.19. The Balaban J connectivity index is 2.26. The number of phenols is 1. The van der Waals surface area contributed by atoms with Crippen molar-refractivity contribution >= 4 is 28.4 Å². The summed E-state index contributed by atoms with van der Waals surface area (Å²) < 4.78 is 0. The normalized spacial score (nSPS) is 11.0. The minimum Gasteiger partial charge on any atom is -0.502 e. The fourth-order valence-corrected chi connectivity index (χ4v) is 2.34. The zero-order valence-electron chi connectivity index (χ0n) is 11.5. The molecule has 0 aliphatic rings. The maximum atomic E-state index is 10.9. The highest BCUT2D eigenvalue weighted by atomic mass is 32.1. The van der Waals surface area contributed by atoms with Gasteiger partial charge < -0.3 is 5.11 Å². The number of thiazole rings is 1. The lowest BCUT2D eigenvalue weighted by Crippen LogP contribution is -1.96. The number of aryl methyl sites for hydroxylation is 2. The number of nitro benzene ring substituents is 1. The highest BCUT2D eigenvalue weighted by molar-refractivity contribution is 7.13. The van der Waals surface area contributed by atoms with Gasteiger partial charge >= 0.3 is 5.69 Å². The summed E-state index contributed by atoms with van der Waals surface area (Å²) in [4.78, 5) is 14.5. The molecule has 1 heterocycles. The van der Waals surface area contributed by atoms with Gasteiger partial charge in [-0.2, -0.15) is 5.10 Å². The number of hydrazone groups is 1. The maximum absolute atomic E-state index is 10.9. The molecule has 0 atom stereocenters. The molecule has 2 aromatic rings. The standard InChI is InChI=1S/C13H14N4O3S/c1-3-9-4-10(12(18)11(5-9)17(19)20)6-14-16-13-15-8(2)7-21-13/h4-7,18H,3H2,1-2H3,(H,15,16). The summed E-state index contributed by atoms with van der Waals surface area (Å²) in [6.07, 6.45) is 1.97. The van der Waals surface area contributed by atoms with E-state index in [1.165, 1.54) is 23.6 Å². The molecule has 1 aromatic carbocycles. The van der Waals surface area contributed by atoms with Crippen molar-refractivity contribution in [1.82, 2.24) is 4.98 Å². The maximum Gasteiger partial charge on any atom is 0.311 e. The number of hydrogen-bond acceptors (Lipinski definition) is 7. The summed E-state index contributed by atoms with van der Waals surface area (Å²) in [5, 5.41) is 27.3. The third-order valence-electron chi connectivity index (χ3n) is 2.77. The van der Waals surface area contributed by atoms with Gasteiger partial charge in [-0.25, -0.2) is 4.98 Å². The molecule has 0 unspecified atom stereocenters. The third kappa shape index (κ3) is 3.54. The number of nitro groups is 1. The Morgan fingerprint density at radius 1 is 1.57 bits per heavy atom. The first-order valence-corrected chi connectivity index (χ1v) is 7.10. The molecule has 0 saturated heterocycles. The molecule has 2 rings (SSSR count). The molecule has 0 aliphatic carbocycles. The first-order chi connectivity index (χ1) is 10.0. The van der Waals surface area contributed by atoms with Gasteiger partial charge in [-0.1, -0.05) is 6.92 Å². The molecule has 0 bridgehead atoms. The van der Waals surface area contributed by atoms with Crippen LogP contribution in [-0.2, 0) is 6.42 Å². The average Bonchev–Trinajstić information content (AvgIpc) is 2.86. The average molecular weight is 306 g/mol. The molecule has 0 fully saturated rings. The van der Waals surface area contributed by atoms with Gasteiger partial charge in [0.2, 0.25) is 10.9 Å². The zero-order chi connectivity index (χ0) is 15.4. The molecule has 0 amide bonds. The van der Waals surface area contributed by atoms with Crippen LogP contribution in [0.15, 0.2) is 22.6 Å². The fourth-order valence-electron chi connectivity index (χ4n) is 1.71. The zero-order valence-corrected chi connectivity index (χ0v) is 12.3. The number of nitrogens with one attached hydrogen (secondary N) is 1. The molecule has 1 aromatic heterocycles. The van der Waals surface area contributed by atoms with E-state index >= 15 is 0 Å². The van der Waals surface area contributed by atoms with Gasteiger partial charge in [-0.05, 0) is 25.0 Å². The van der Waals surface area contributed by atoms with Gasteiger partial charge in [0.05, 0.1) is 16.8 Å². The van der Waals surface area contributed by atoms with E-state index in [9.17, 15) is 15.2 Å². The number of hydrogen-bond donors (Lipinski definition) is 2. The quantitative estimate of drug-likeness (QED) is 0.502. The van der Waals surface area contributed by atoms with Crippen LogP contribution >= 0.6 is 11.3 Å². The van der Waals surface area contributed by atoms with E-state index in [1.807, 2.05) is 19.2 Å². The Kier molecular flexibility index (Phi) is 4.49. The number of anilines is 1. The second kappa shape index (κ2) is 6.31. The highest BCUT2D eigenvalue weighted by Gasteiger charge is 2.17. The number of nitrogens with zero attached hydrogens (tertiary/aromatic N) is 3. The first kappa shape index (κ1) is 14.9. The third-order valence-corrected chi connectivity index (χ3v) is 3.63. The van der Waals surface area contributed by atoms with Crippen molar-refractivity contribution in [1.29, 1.82) is 0 Å². The second-order valence-electron chi connectivity index (χ2n) is 4.33. The van der Waals surface area contributed by atoms with Crippen molar-refractivity contribution in [2.45, 2.75) is 20.3 Å². The van der Waals surface area contributed by atoms with Gasteiger partial charge in [0.25, 0.3) is 0 Å². The van der Waals surface area contributed by atoms with Crippen molar-refractivity contribution in [3.05, 3.63) is 44.4 Å². The van der Waals surface area contributed by atoms with Crippen LogP contribution < -0.4 is 5.43 Å². The molecular weight excluding hydrogens is 292 g/mol. The number of aromatic hydroxyl groups is 1. The SMILES string of the molecule is CCc1cc(C=NNc2nc(C)cs2)c(O)c([N+](=O)[O-])c1. The van der Waals surface area contributed by atoms with Crippen LogP contribution in [0.4, 0.5) is 10.8 Å². The van der Waals surface area contributed by atoms with Crippen LogP contribution in [0.3, 0.4) is 0 Å². The van der Waals surface area contributed by atoms with Crippen LogP contribution in [0.25, 0.3) is 0 Å². The first-order valence-electron chi connectivity index (χ1n) is 6.22.